The molecule has 0 radical (unpaired) electrons. The van der Waals surface area contributed by atoms with Crippen LogP contribution in [0.1, 0.15) is 28.4 Å². The summed E-state index contributed by atoms with van der Waals surface area (Å²) in [4.78, 5) is 14.5. The number of halogens is 1. The lowest BCUT2D eigenvalue weighted by atomic mass is 10.1. The predicted octanol–water partition coefficient (Wildman–Crippen LogP) is 3.48. The van der Waals surface area contributed by atoms with Crippen LogP contribution in [0, 0.1) is 12.7 Å². The molecule has 26 heavy (non-hydrogen) atoms. The van der Waals surface area contributed by atoms with Gasteiger partial charge in [0.25, 0.3) is 5.91 Å². The highest BCUT2D eigenvalue weighted by atomic mass is 19.1. The Labute approximate surface area is 151 Å². The summed E-state index contributed by atoms with van der Waals surface area (Å²) in [6.45, 7) is 2.88. The fraction of sp³-hybridized carbons (Fsp3) is 0.250. The van der Waals surface area contributed by atoms with Crippen molar-refractivity contribution in [3.63, 3.8) is 0 Å². The van der Waals surface area contributed by atoms with E-state index in [2.05, 4.69) is 10.2 Å². The molecule has 1 fully saturated rings. The second-order valence-corrected chi connectivity index (χ2v) is 6.59. The van der Waals surface area contributed by atoms with Crippen molar-refractivity contribution in [2.45, 2.75) is 19.4 Å². The molecule has 2 aromatic carbocycles. The Bertz CT molecular complexity index is 938. The molecule has 0 saturated carbocycles. The quantitative estimate of drug-likeness (QED) is 0.727. The van der Waals surface area contributed by atoms with Crippen LogP contribution >= 0.6 is 0 Å². The van der Waals surface area contributed by atoms with Gasteiger partial charge >= 0.3 is 0 Å². The van der Waals surface area contributed by atoms with Gasteiger partial charge in [0.2, 0.25) is 0 Å². The largest absolute Gasteiger partial charge is 0.336 e. The Morgan fingerprint density at radius 3 is 2.77 bits per heavy atom. The molecular weight excluding hydrogens is 331 g/mol. The minimum atomic E-state index is -0.350. The Balaban J connectivity index is 1.54. The number of carbonyl (C=O) groups excluding carboxylic acids is 1. The van der Waals surface area contributed by atoms with Gasteiger partial charge in [-0.15, -0.1) is 10.2 Å². The Morgan fingerprint density at radius 2 is 2.00 bits per heavy atom. The lowest BCUT2D eigenvalue weighted by molar-refractivity contribution is 0.0787. The van der Waals surface area contributed by atoms with Crippen molar-refractivity contribution in [1.29, 1.82) is 0 Å². The van der Waals surface area contributed by atoms with E-state index in [-0.39, 0.29) is 17.8 Å². The monoisotopic (exact) mass is 350 g/mol. The molecule has 0 spiro atoms. The fourth-order valence-corrected chi connectivity index (χ4v) is 3.37. The second-order valence-electron chi connectivity index (χ2n) is 6.59. The van der Waals surface area contributed by atoms with E-state index in [0.717, 1.165) is 17.8 Å². The molecule has 4 rings (SSSR count). The predicted molar refractivity (Wildman–Crippen MR) is 96.2 cm³/mol. The van der Waals surface area contributed by atoms with Crippen LogP contribution in [0.5, 0.6) is 0 Å². The highest BCUT2D eigenvalue weighted by Crippen LogP contribution is 2.28. The van der Waals surface area contributed by atoms with E-state index < -0.39 is 0 Å². The molecule has 2 heterocycles. The molecule has 6 heteroatoms. The topological polar surface area (TPSA) is 51.0 Å². The van der Waals surface area contributed by atoms with Gasteiger partial charge in [0.15, 0.2) is 5.82 Å². The molecule has 1 amide bonds. The number of aryl methyl sites for hydroxylation is 1. The van der Waals surface area contributed by atoms with E-state index >= 15 is 0 Å². The molecule has 1 aromatic heterocycles. The summed E-state index contributed by atoms with van der Waals surface area (Å²) in [5.41, 5.74) is 1.93. The molecule has 1 aliphatic heterocycles. The maximum Gasteiger partial charge on any atom is 0.254 e. The Kier molecular flexibility index (Phi) is 4.24. The number of nitrogens with zero attached hydrogens (tertiary/aromatic N) is 4. The van der Waals surface area contributed by atoms with Crippen LogP contribution in [-0.4, -0.2) is 38.7 Å². The van der Waals surface area contributed by atoms with Gasteiger partial charge in [-0.3, -0.25) is 4.79 Å². The number of benzene rings is 2. The SMILES string of the molecule is Cc1ccc(C(=O)N2CC[C@@H](n3cnnc3-c3ccccc3)C2)cc1F. The van der Waals surface area contributed by atoms with Crippen molar-refractivity contribution < 1.29 is 9.18 Å². The molecule has 0 N–H and O–H groups in total. The van der Waals surface area contributed by atoms with Gasteiger partial charge in [0.1, 0.15) is 12.1 Å². The van der Waals surface area contributed by atoms with E-state index in [1.54, 1.807) is 30.3 Å². The average molecular weight is 350 g/mol. The number of rotatable bonds is 3. The van der Waals surface area contributed by atoms with Crippen LogP contribution in [0.3, 0.4) is 0 Å². The fourth-order valence-electron chi connectivity index (χ4n) is 3.37. The van der Waals surface area contributed by atoms with E-state index in [1.165, 1.54) is 6.07 Å². The maximum absolute atomic E-state index is 13.8. The summed E-state index contributed by atoms with van der Waals surface area (Å²) in [5, 5.41) is 8.29. The van der Waals surface area contributed by atoms with Crippen LogP contribution in [0.4, 0.5) is 4.39 Å². The number of amides is 1. The van der Waals surface area contributed by atoms with Crippen molar-refractivity contribution in [1.82, 2.24) is 19.7 Å². The first kappa shape index (κ1) is 16.4. The van der Waals surface area contributed by atoms with E-state index in [9.17, 15) is 9.18 Å². The van der Waals surface area contributed by atoms with Gasteiger partial charge in [-0.25, -0.2) is 4.39 Å². The first-order valence-corrected chi connectivity index (χ1v) is 8.64. The molecule has 132 valence electrons. The van der Waals surface area contributed by atoms with Gasteiger partial charge in [-0.05, 0) is 31.0 Å². The van der Waals surface area contributed by atoms with Crippen LogP contribution in [-0.2, 0) is 0 Å². The number of aromatic nitrogens is 3. The highest BCUT2D eigenvalue weighted by molar-refractivity contribution is 5.94. The van der Waals surface area contributed by atoms with Crippen molar-refractivity contribution in [3.8, 4) is 11.4 Å². The van der Waals surface area contributed by atoms with Crippen molar-refractivity contribution in [2.75, 3.05) is 13.1 Å². The summed E-state index contributed by atoms with van der Waals surface area (Å²) >= 11 is 0. The second kappa shape index (κ2) is 6.71. The van der Waals surface area contributed by atoms with Crippen LogP contribution in [0.15, 0.2) is 54.9 Å². The summed E-state index contributed by atoms with van der Waals surface area (Å²) in [6.07, 6.45) is 2.53. The van der Waals surface area contributed by atoms with Crippen molar-refractivity contribution >= 4 is 5.91 Å². The van der Waals surface area contributed by atoms with Gasteiger partial charge in [-0.1, -0.05) is 36.4 Å². The van der Waals surface area contributed by atoms with E-state index in [4.69, 9.17) is 0 Å². The average Bonchev–Trinajstić information content (AvgIpc) is 3.33. The molecule has 0 aliphatic carbocycles. The first-order valence-electron chi connectivity index (χ1n) is 8.64. The molecule has 1 aliphatic rings. The van der Waals surface area contributed by atoms with Crippen LogP contribution in [0.2, 0.25) is 0 Å². The summed E-state index contributed by atoms with van der Waals surface area (Å²) < 4.78 is 15.8. The number of likely N-dealkylation sites (tertiary alicyclic amines) is 1. The molecule has 1 atom stereocenters. The normalized spacial score (nSPS) is 16.8. The summed E-state index contributed by atoms with van der Waals surface area (Å²) in [6, 6.07) is 14.6. The maximum atomic E-state index is 13.8. The zero-order chi connectivity index (χ0) is 18.1. The smallest absolute Gasteiger partial charge is 0.254 e. The van der Waals surface area contributed by atoms with E-state index in [1.807, 2.05) is 34.9 Å². The zero-order valence-corrected chi connectivity index (χ0v) is 14.5. The Morgan fingerprint density at radius 1 is 1.19 bits per heavy atom. The molecule has 1 saturated heterocycles. The van der Waals surface area contributed by atoms with Crippen molar-refractivity contribution in [2.24, 2.45) is 0 Å². The molecular formula is C20H19FN4O. The first-order chi connectivity index (χ1) is 12.6. The minimum absolute atomic E-state index is 0.111. The van der Waals surface area contributed by atoms with Crippen LogP contribution in [0.25, 0.3) is 11.4 Å². The standard InChI is InChI=1S/C20H19FN4O/c1-14-7-8-16(11-18(14)21)20(26)24-10-9-17(12-24)25-13-22-23-19(25)15-5-3-2-4-6-15/h2-8,11,13,17H,9-10,12H2,1H3/t17-/m1/s1. The van der Waals surface area contributed by atoms with Crippen LogP contribution < -0.4 is 0 Å². The van der Waals surface area contributed by atoms with Crippen molar-refractivity contribution in [3.05, 3.63) is 71.8 Å². The van der Waals surface area contributed by atoms with Gasteiger partial charge in [-0.2, -0.15) is 0 Å². The third-order valence-corrected chi connectivity index (χ3v) is 4.87. The van der Waals surface area contributed by atoms with E-state index in [0.29, 0.717) is 24.2 Å². The molecule has 0 bridgehead atoms. The summed E-state index contributed by atoms with van der Waals surface area (Å²) in [7, 11) is 0. The third kappa shape index (κ3) is 2.98. The number of hydrogen-bond donors (Lipinski definition) is 0. The zero-order valence-electron chi connectivity index (χ0n) is 14.5. The lowest BCUT2D eigenvalue weighted by Gasteiger charge is -2.18. The van der Waals surface area contributed by atoms with Gasteiger partial charge < -0.3 is 9.47 Å². The minimum Gasteiger partial charge on any atom is -0.336 e. The number of hydrogen-bond acceptors (Lipinski definition) is 3. The molecule has 0 unspecified atom stereocenters. The summed E-state index contributed by atoms with van der Waals surface area (Å²) in [5.74, 6) is 0.309. The molecule has 3 aromatic rings. The van der Waals surface area contributed by atoms with Gasteiger partial charge in [0, 0.05) is 24.2 Å². The number of carbonyl (C=O) groups is 1. The third-order valence-electron chi connectivity index (χ3n) is 4.87. The lowest BCUT2D eigenvalue weighted by Crippen LogP contribution is -2.29. The highest BCUT2D eigenvalue weighted by Gasteiger charge is 2.29. The molecule has 5 nitrogen and oxygen atoms in total. The van der Waals surface area contributed by atoms with Gasteiger partial charge in [0.05, 0.1) is 6.04 Å². The Hall–Kier alpha value is -3.02.